The minimum atomic E-state index is 0.486. The lowest BCUT2D eigenvalue weighted by molar-refractivity contribution is 0.798. The van der Waals surface area contributed by atoms with E-state index < -0.39 is 0 Å². The Hall–Kier alpha value is -2.63. The third kappa shape index (κ3) is 3.61. The van der Waals surface area contributed by atoms with Gasteiger partial charge in [-0.1, -0.05) is 41.4 Å². The van der Waals surface area contributed by atoms with Gasteiger partial charge in [0.1, 0.15) is 5.69 Å². The summed E-state index contributed by atoms with van der Waals surface area (Å²) in [6, 6.07) is 13.6. The summed E-state index contributed by atoms with van der Waals surface area (Å²) in [6.07, 6.45) is 4.62. The summed E-state index contributed by atoms with van der Waals surface area (Å²) in [4.78, 5) is 4.44. The zero-order valence-electron chi connectivity index (χ0n) is 14.7. The van der Waals surface area contributed by atoms with Crippen molar-refractivity contribution in [3.63, 3.8) is 0 Å². The summed E-state index contributed by atoms with van der Waals surface area (Å²) in [5.41, 5.74) is 4.94. The molecule has 1 N–H and O–H groups in total. The predicted molar refractivity (Wildman–Crippen MR) is 110 cm³/mol. The van der Waals surface area contributed by atoms with Crippen LogP contribution in [0.5, 0.6) is 0 Å². The lowest BCUT2D eigenvalue weighted by Crippen LogP contribution is -2.03. The highest BCUT2D eigenvalue weighted by atomic mass is 35.5. The van der Waals surface area contributed by atoms with Crippen LogP contribution in [-0.4, -0.2) is 20.0 Å². The first kappa shape index (κ1) is 17.8. The maximum Gasteiger partial charge on any atom is 0.102 e. The molecular weight excluding hydrogens is 381 g/mol. The number of aryl methyl sites for hydroxylation is 1. The van der Waals surface area contributed by atoms with Crippen molar-refractivity contribution in [1.29, 1.82) is 0 Å². The van der Waals surface area contributed by atoms with Gasteiger partial charge in [0.2, 0.25) is 0 Å². The summed E-state index contributed by atoms with van der Waals surface area (Å²) >= 11 is 12.1. The first-order valence-corrected chi connectivity index (χ1v) is 9.38. The smallest absolute Gasteiger partial charge is 0.102 e. The number of nitrogens with one attached hydrogen (secondary N) is 1. The molecule has 136 valence electrons. The van der Waals surface area contributed by atoms with Gasteiger partial charge >= 0.3 is 0 Å². The molecule has 0 atom stereocenters. The fourth-order valence-corrected chi connectivity index (χ4v) is 3.31. The Kier molecular flexibility index (Phi) is 4.97. The molecule has 0 saturated carbocycles. The molecule has 2 aromatic heterocycles. The lowest BCUT2D eigenvalue weighted by Gasteiger charge is -2.13. The predicted octanol–water partition coefficient (Wildman–Crippen LogP) is 5.30. The lowest BCUT2D eigenvalue weighted by atomic mass is 10.1. The van der Waals surface area contributed by atoms with Gasteiger partial charge in [-0.25, -0.2) is 4.68 Å². The Balaban J connectivity index is 1.59. The van der Waals surface area contributed by atoms with Gasteiger partial charge in [-0.3, -0.25) is 4.98 Å². The van der Waals surface area contributed by atoms with Gasteiger partial charge < -0.3 is 5.32 Å². The minimum Gasteiger partial charge on any atom is -0.378 e. The van der Waals surface area contributed by atoms with E-state index in [4.69, 9.17) is 23.2 Å². The van der Waals surface area contributed by atoms with E-state index in [-0.39, 0.29) is 0 Å². The Morgan fingerprint density at radius 3 is 2.78 bits per heavy atom. The molecule has 2 aromatic carbocycles. The molecule has 0 aliphatic rings. The molecule has 0 aliphatic heterocycles. The maximum absolute atomic E-state index is 6.09. The SMILES string of the molecule is CCc1ccc2ncccc2c1NCc1cn(-c2ccc(Cl)c(Cl)c2)nn1. The number of aromatic nitrogens is 4. The quantitative estimate of drug-likeness (QED) is 0.496. The van der Waals surface area contributed by atoms with Gasteiger partial charge in [-0.2, -0.15) is 0 Å². The highest BCUT2D eigenvalue weighted by Gasteiger charge is 2.09. The van der Waals surface area contributed by atoms with Crippen LogP contribution in [0.1, 0.15) is 18.2 Å². The molecule has 4 rings (SSSR count). The second-order valence-electron chi connectivity index (χ2n) is 6.13. The second kappa shape index (κ2) is 7.55. The van der Waals surface area contributed by atoms with E-state index in [0.29, 0.717) is 16.6 Å². The van der Waals surface area contributed by atoms with Crippen LogP contribution >= 0.6 is 23.2 Å². The molecule has 27 heavy (non-hydrogen) atoms. The number of benzene rings is 2. The number of hydrogen-bond donors (Lipinski definition) is 1. The summed E-state index contributed by atoms with van der Waals surface area (Å²) in [5, 5.41) is 14.1. The van der Waals surface area contributed by atoms with Crippen LogP contribution in [0.4, 0.5) is 5.69 Å². The monoisotopic (exact) mass is 397 g/mol. The average molecular weight is 398 g/mol. The van der Waals surface area contributed by atoms with Crippen LogP contribution in [0, 0.1) is 0 Å². The number of nitrogens with zero attached hydrogens (tertiary/aromatic N) is 4. The number of anilines is 1. The molecule has 0 amide bonds. The fourth-order valence-electron chi connectivity index (χ4n) is 3.01. The third-order valence-corrected chi connectivity index (χ3v) is 5.15. The number of hydrogen-bond acceptors (Lipinski definition) is 4. The Morgan fingerprint density at radius 1 is 1.07 bits per heavy atom. The molecule has 0 bridgehead atoms. The van der Waals surface area contributed by atoms with Crippen molar-refractivity contribution in [3.8, 4) is 5.69 Å². The topological polar surface area (TPSA) is 55.6 Å². The third-order valence-electron chi connectivity index (χ3n) is 4.41. The van der Waals surface area contributed by atoms with Crippen LogP contribution in [0.25, 0.3) is 16.6 Å². The highest BCUT2D eigenvalue weighted by Crippen LogP contribution is 2.27. The van der Waals surface area contributed by atoms with Crippen molar-refractivity contribution in [2.75, 3.05) is 5.32 Å². The highest BCUT2D eigenvalue weighted by molar-refractivity contribution is 6.42. The second-order valence-corrected chi connectivity index (χ2v) is 6.94. The first-order valence-electron chi connectivity index (χ1n) is 8.63. The normalized spacial score (nSPS) is 11.1. The molecule has 2 heterocycles. The van der Waals surface area contributed by atoms with Crippen LogP contribution in [-0.2, 0) is 13.0 Å². The van der Waals surface area contributed by atoms with E-state index in [1.807, 2.05) is 18.3 Å². The molecule has 5 nitrogen and oxygen atoms in total. The number of pyridine rings is 1. The number of rotatable bonds is 5. The van der Waals surface area contributed by atoms with E-state index in [1.54, 1.807) is 23.0 Å². The summed E-state index contributed by atoms with van der Waals surface area (Å²) in [5.74, 6) is 0. The zero-order chi connectivity index (χ0) is 18.8. The van der Waals surface area contributed by atoms with Crippen molar-refractivity contribution >= 4 is 39.8 Å². The molecule has 0 fully saturated rings. The fraction of sp³-hybridized carbons (Fsp3) is 0.150. The first-order chi connectivity index (χ1) is 13.2. The van der Waals surface area contributed by atoms with Gasteiger partial charge in [-0.15, -0.1) is 5.10 Å². The van der Waals surface area contributed by atoms with Crippen molar-refractivity contribution in [2.45, 2.75) is 19.9 Å². The van der Waals surface area contributed by atoms with Gasteiger partial charge in [0.15, 0.2) is 0 Å². The zero-order valence-corrected chi connectivity index (χ0v) is 16.2. The summed E-state index contributed by atoms with van der Waals surface area (Å²) in [6.45, 7) is 2.70. The van der Waals surface area contributed by atoms with Crippen molar-refractivity contribution in [1.82, 2.24) is 20.0 Å². The van der Waals surface area contributed by atoms with E-state index in [2.05, 4.69) is 45.7 Å². The van der Waals surface area contributed by atoms with E-state index in [9.17, 15) is 0 Å². The Bertz CT molecular complexity index is 1110. The van der Waals surface area contributed by atoms with Gasteiger partial charge in [0.25, 0.3) is 0 Å². The number of fused-ring (bicyclic) bond motifs is 1. The molecule has 4 aromatic rings. The average Bonchev–Trinajstić information content (AvgIpc) is 3.17. The van der Waals surface area contributed by atoms with Crippen LogP contribution in [0.15, 0.2) is 54.9 Å². The summed E-state index contributed by atoms with van der Waals surface area (Å²) < 4.78 is 1.69. The van der Waals surface area contributed by atoms with Crippen LogP contribution in [0.3, 0.4) is 0 Å². The van der Waals surface area contributed by atoms with Gasteiger partial charge in [0, 0.05) is 17.3 Å². The van der Waals surface area contributed by atoms with Crippen molar-refractivity contribution in [3.05, 3.63) is 76.2 Å². The molecule has 0 saturated heterocycles. The molecule has 0 aliphatic carbocycles. The largest absolute Gasteiger partial charge is 0.378 e. The van der Waals surface area contributed by atoms with E-state index >= 15 is 0 Å². The van der Waals surface area contributed by atoms with Crippen LogP contribution in [0.2, 0.25) is 10.0 Å². The molecule has 0 spiro atoms. The van der Waals surface area contributed by atoms with E-state index in [1.165, 1.54) is 5.56 Å². The minimum absolute atomic E-state index is 0.486. The molecule has 0 radical (unpaired) electrons. The van der Waals surface area contributed by atoms with E-state index in [0.717, 1.165) is 34.4 Å². The van der Waals surface area contributed by atoms with Crippen LogP contribution < -0.4 is 5.32 Å². The molecular formula is C20H17Cl2N5. The van der Waals surface area contributed by atoms with Gasteiger partial charge in [-0.05, 0) is 48.4 Å². The Morgan fingerprint density at radius 2 is 1.96 bits per heavy atom. The van der Waals surface area contributed by atoms with Gasteiger partial charge in [0.05, 0.1) is 34.0 Å². The number of halogens is 2. The Labute approximate surface area is 166 Å². The molecule has 0 unspecified atom stereocenters. The molecule has 7 heteroatoms. The maximum atomic E-state index is 6.09. The summed E-state index contributed by atoms with van der Waals surface area (Å²) in [7, 11) is 0. The van der Waals surface area contributed by atoms with Crippen molar-refractivity contribution < 1.29 is 0 Å². The standard InChI is InChI=1S/C20H17Cl2N5/c1-2-13-5-8-19-16(4-3-9-23-19)20(13)24-11-14-12-27(26-25-14)15-6-7-17(21)18(22)10-15/h3-10,12,24H,2,11H2,1H3. The van der Waals surface area contributed by atoms with Crippen molar-refractivity contribution in [2.24, 2.45) is 0 Å².